The van der Waals surface area contributed by atoms with Crippen LogP contribution in [0.1, 0.15) is 6.42 Å². The van der Waals surface area contributed by atoms with Gasteiger partial charge in [0, 0.05) is 43.8 Å². The maximum atomic E-state index is 13.1. The number of anilines is 2. The number of hydrogen-bond acceptors (Lipinski definition) is 8. The number of aliphatic imine (C=N–C) groups is 1. The highest BCUT2D eigenvalue weighted by Crippen LogP contribution is 2.42. The van der Waals surface area contributed by atoms with Crippen molar-refractivity contribution in [1.29, 1.82) is 0 Å². The standard InChI is InChI=1S/C20H28N4O4S/c1-23(2)13-5-3-12(4-6-13)21-20-22-16-17(26)15(25)11-14(18(16)29-20)19(27)24-7-9-28-10-8-24/h3-6,14-18,25-26H,7-11H2,1-2H3,(H,21,22)/t14-,15+,16+,17-,18+/m0/s1. The minimum atomic E-state index is -0.961. The summed E-state index contributed by atoms with van der Waals surface area (Å²) >= 11 is 1.48. The highest BCUT2D eigenvalue weighted by Gasteiger charge is 2.51. The van der Waals surface area contributed by atoms with Crippen LogP contribution in [0, 0.1) is 5.92 Å². The average Bonchev–Trinajstić information content (AvgIpc) is 3.15. The third-order valence-electron chi connectivity index (χ3n) is 5.76. The summed E-state index contributed by atoms with van der Waals surface area (Å²) in [5.74, 6) is -0.353. The number of aliphatic hydroxyl groups excluding tert-OH is 2. The van der Waals surface area contributed by atoms with Crippen LogP contribution in [-0.2, 0) is 9.53 Å². The smallest absolute Gasteiger partial charge is 0.227 e. The second kappa shape index (κ2) is 8.51. The molecule has 158 valence electrons. The summed E-state index contributed by atoms with van der Waals surface area (Å²) in [5, 5.41) is 24.6. The van der Waals surface area contributed by atoms with Crippen molar-refractivity contribution in [3.8, 4) is 0 Å². The van der Waals surface area contributed by atoms with Gasteiger partial charge in [-0.2, -0.15) is 0 Å². The molecule has 1 saturated carbocycles. The average molecular weight is 421 g/mol. The molecule has 3 aliphatic rings. The van der Waals surface area contributed by atoms with E-state index < -0.39 is 18.2 Å². The van der Waals surface area contributed by atoms with Crippen molar-refractivity contribution in [1.82, 2.24) is 4.90 Å². The molecule has 0 spiro atoms. The van der Waals surface area contributed by atoms with Gasteiger partial charge < -0.3 is 30.1 Å². The molecule has 3 N–H and O–H groups in total. The molecule has 0 unspecified atom stereocenters. The first-order chi connectivity index (χ1) is 13.9. The SMILES string of the molecule is CN(C)c1ccc(NC2=N[C@@H]3[C@@H](O)[C@H](O)C[C@H](C(=O)N4CCOCC4)[C@H]3S2)cc1. The minimum Gasteiger partial charge on any atom is -0.390 e. The molecule has 1 amide bonds. The number of hydrogen-bond donors (Lipinski definition) is 3. The van der Waals surface area contributed by atoms with Crippen molar-refractivity contribution in [2.24, 2.45) is 10.9 Å². The van der Waals surface area contributed by atoms with Crippen LogP contribution in [-0.4, -0.2) is 90.1 Å². The van der Waals surface area contributed by atoms with E-state index in [0.29, 0.717) is 31.5 Å². The first kappa shape index (κ1) is 20.5. The molecule has 2 aliphatic heterocycles. The monoisotopic (exact) mass is 420 g/mol. The largest absolute Gasteiger partial charge is 0.390 e. The van der Waals surface area contributed by atoms with Crippen molar-refractivity contribution in [3.05, 3.63) is 24.3 Å². The number of carbonyl (C=O) groups excluding carboxylic acids is 1. The summed E-state index contributed by atoms with van der Waals surface area (Å²) in [4.78, 5) is 21.6. The van der Waals surface area contributed by atoms with Crippen LogP contribution in [0.2, 0.25) is 0 Å². The molecule has 0 bridgehead atoms. The Bertz CT molecular complexity index is 766. The lowest BCUT2D eigenvalue weighted by molar-refractivity contribution is -0.144. The summed E-state index contributed by atoms with van der Waals surface area (Å²) in [6, 6.07) is 7.48. The number of amidine groups is 1. The molecule has 4 rings (SSSR count). The van der Waals surface area contributed by atoms with Gasteiger partial charge in [0.1, 0.15) is 6.10 Å². The van der Waals surface area contributed by atoms with E-state index in [9.17, 15) is 15.0 Å². The van der Waals surface area contributed by atoms with E-state index in [4.69, 9.17) is 4.74 Å². The third-order valence-corrected chi connectivity index (χ3v) is 7.07. The quantitative estimate of drug-likeness (QED) is 0.659. The van der Waals surface area contributed by atoms with Gasteiger partial charge in [0.25, 0.3) is 0 Å². The topological polar surface area (TPSA) is 97.6 Å². The molecule has 5 atom stereocenters. The number of ether oxygens (including phenoxy) is 1. The molecule has 8 nitrogen and oxygen atoms in total. The predicted molar refractivity (Wildman–Crippen MR) is 115 cm³/mol. The van der Waals surface area contributed by atoms with E-state index in [1.807, 2.05) is 48.2 Å². The third kappa shape index (κ3) is 4.23. The fourth-order valence-corrected chi connectivity index (χ4v) is 5.45. The van der Waals surface area contributed by atoms with E-state index in [1.165, 1.54) is 11.8 Å². The van der Waals surface area contributed by atoms with Crippen LogP contribution in [0.5, 0.6) is 0 Å². The highest BCUT2D eigenvalue weighted by molar-refractivity contribution is 8.15. The van der Waals surface area contributed by atoms with E-state index in [0.717, 1.165) is 11.4 Å². The molecule has 2 fully saturated rings. The Morgan fingerprint density at radius 3 is 2.59 bits per heavy atom. The van der Waals surface area contributed by atoms with Gasteiger partial charge in [-0.3, -0.25) is 9.79 Å². The van der Waals surface area contributed by atoms with E-state index >= 15 is 0 Å². The first-order valence-corrected chi connectivity index (χ1v) is 10.8. The van der Waals surface area contributed by atoms with Gasteiger partial charge in [-0.25, -0.2) is 0 Å². The molecular formula is C20H28N4O4S. The van der Waals surface area contributed by atoms with Gasteiger partial charge in [-0.05, 0) is 30.7 Å². The van der Waals surface area contributed by atoms with E-state index in [-0.39, 0.29) is 23.5 Å². The summed E-state index contributed by atoms with van der Waals surface area (Å²) in [7, 11) is 3.98. The molecule has 1 aromatic rings. The number of carbonyl (C=O) groups is 1. The number of nitrogens with zero attached hydrogens (tertiary/aromatic N) is 3. The maximum absolute atomic E-state index is 13.1. The summed E-state index contributed by atoms with van der Waals surface area (Å²) in [5.41, 5.74) is 1.99. The van der Waals surface area contributed by atoms with Crippen LogP contribution < -0.4 is 10.2 Å². The zero-order valence-corrected chi connectivity index (χ0v) is 17.5. The fraction of sp³-hybridized carbons (Fsp3) is 0.600. The number of aliphatic hydroxyl groups is 2. The maximum Gasteiger partial charge on any atom is 0.227 e. The number of fused-ring (bicyclic) bond motifs is 1. The Labute approximate surface area is 174 Å². The van der Waals surface area contributed by atoms with Gasteiger partial charge in [-0.15, -0.1) is 0 Å². The predicted octanol–water partition coefficient (Wildman–Crippen LogP) is 0.605. The molecule has 1 aromatic carbocycles. The number of amides is 1. The van der Waals surface area contributed by atoms with Crippen LogP contribution >= 0.6 is 11.8 Å². The number of thioether (sulfide) groups is 1. The van der Waals surface area contributed by atoms with Gasteiger partial charge in [0.05, 0.1) is 31.3 Å². The summed E-state index contributed by atoms with van der Waals surface area (Å²) in [6.45, 7) is 2.22. The Balaban J connectivity index is 1.48. The summed E-state index contributed by atoms with van der Waals surface area (Å²) < 4.78 is 5.34. The zero-order valence-electron chi connectivity index (χ0n) is 16.7. The van der Waals surface area contributed by atoms with Crippen LogP contribution in [0.4, 0.5) is 11.4 Å². The lowest BCUT2D eigenvalue weighted by Gasteiger charge is -2.40. The second-order valence-corrected chi connectivity index (χ2v) is 9.08. The Morgan fingerprint density at radius 1 is 1.24 bits per heavy atom. The van der Waals surface area contributed by atoms with Gasteiger partial charge in [0.15, 0.2) is 5.17 Å². The lowest BCUT2D eigenvalue weighted by Crippen LogP contribution is -2.55. The highest BCUT2D eigenvalue weighted by atomic mass is 32.2. The van der Waals surface area contributed by atoms with E-state index in [1.54, 1.807) is 0 Å². The Morgan fingerprint density at radius 2 is 1.93 bits per heavy atom. The molecular weight excluding hydrogens is 392 g/mol. The summed E-state index contributed by atoms with van der Waals surface area (Å²) in [6.07, 6.45) is -1.66. The zero-order chi connectivity index (χ0) is 20.5. The van der Waals surface area contributed by atoms with Gasteiger partial charge in [-0.1, -0.05) is 11.8 Å². The van der Waals surface area contributed by atoms with Gasteiger partial charge in [0.2, 0.25) is 5.91 Å². The van der Waals surface area contributed by atoms with E-state index in [2.05, 4.69) is 10.3 Å². The minimum absolute atomic E-state index is 0.0218. The number of rotatable bonds is 3. The second-order valence-electron chi connectivity index (χ2n) is 7.91. The Hall–Kier alpha value is -1.81. The molecule has 29 heavy (non-hydrogen) atoms. The lowest BCUT2D eigenvalue weighted by atomic mass is 9.80. The van der Waals surface area contributed by atoms with Crippen molar-refractivity contribution in [3.63, 3.8) is 0 Å². The molecule has 0 radical (unpaired) electrons. The number of benzene rings is 1. The Kier molecular flexibility index (Phi) is 6.00. The number of nitrogens with one attached hydrogen (secondary N) is 1. The van der Waals surface area contributed by atoms with Crippen molar-refractivity contribution >= 4 is 34.2 Å². The van der Waals surface area contributed by atoms with Crippen LogP contribution in [0.15, 0.2) is 29.3 Å². The fourth-order valence-electron chi connectivity index (χ4n) is 4.08. The van der Waals surface area contributed by atoms with Crippen molar-refractivity contribution in [2.45, 2.75) is 29.9 Å². The van der Waals surface area contributed by atoms with Gasteiger partial charge >= 0.3 is 0 Å². The van der Waals surface area contributed by atoms with Crippen molar-refractivity contribution in [2.75, 3.05) is 50.6 Å². The first-order valence-electron chi connectivity index (χ1n) is 9.95. The molecule has 9 heteroatoms. The van der Waals surface area contributed by atoms with Crippen LogP contribution in [0.25, 0.3) is 0 Å². The molecule has 0 aromatic heterocycles. The number of morpholine rings is 1. The molecule has 2 heterocycles. The normalized spacial score (nSPS) is 31.8. The molecule has 1 aliphatic carbocycles. The van der Waals surface area contributed by atoms with Crippen molar-refractivity contribution < 1.29 is 19.7 Å². The van der Waals surface area contributed by atoms with Crippen LogP contribution in [0.3, 0.4) is 0 Å². The molecule has 1 saturated heterocycles.